The highest BCUT2D eigenvalue weighted by atomic mass is 28.3. The molecular formula is C12H21OSi. The lowest BCUT2D eigenvalue weighted by molar-refractivity contribution is 0.399. The molecule has 0 fully saturated rings. The maximum Gasteiger partial charge on any atom is 0.273 e. The zero-order chi connectivity index (χ0) is 10.9. The van der Waals surface area contributed by atoms with E-state index in [4.69, 9.17) is 4.43 Å². The fourth-order valence-electron chi connectivity index (χ4n) is 1.70. The van der Waals surface area contributed by atoms with Crippen molar-refractivity contribution in [2.24, 2.45) is 5.41 Å². The summed E-state index contributed by atoms with van der Waals surface area (Å²) in [4.78, 5) is 0. The molecule has 0 heterocycles. The number of allylic oxidation sites excluding steroid dienone is 3. The van der Waals surface area contributed by atoms with Crippen LogP contribution in [-0.4, -0.2) is 9.04 Å². The molecule has 2 heteroatoms. The average molecular weight is 209 g/mol. The zero-order valence-corrected chi connectivity index (χ0v) is 11.2. The van der Waals surface area contributed by atoms with Crippen LogP contribution in [-0.2, 0) is 4.43 Å². The molecule has 0 saturated carbocycles. The van der Waals surface area contributed by atoms with E-state index < -0.39 is 9.04 Å². The molecule has 0 aromatic carbocycles. The Morgan fingerprint density at radius 3 is 2.29 bits per heavy atom. The van der Waals surface area contributed by atoms with Gasteiger partial charge in [0.25, 0.3) is 9.04 Å². The van der Waals surface area contributed by atoms with E-state index in [1.165, 1.54) is 16.9 Å². The van der Waals surface area contributed by atoms with Gasteiger partial charge in [-0.3, -0.25) is 0 Å². The minimum atomic E-state index is -0.624. The molecule has 79 valence electrons. The van der Waals surface area contributed by atoms with Crippen LogP contribution in [0.4, 0.5) is 0 Å². The van der Waals surface area contributed by atoms with Crippen molar-refractivity contribution in [3.8, 4) is 0 Å². The summed E-state index contributed by atoms with van der Waals surface area (Å²) in [5, 5.41) is 0. The summed E-state index contributed by atoms with van der Waals surface area (Å²) < 4.78 is 5.95. The van der Waals surface area contributed by atoms with Crippen molar-refractivity contribution in [2.45, 2.75) is 47.2 Å². The summed E-state index contributed by atoms with van der Waals surface area (Å²) >= 11 is 0. The first-order chi connectivity index (χ1) is 6.30. The van der Waals surface area contributed by atoms with Gasteiger partial charge in [0.1, 0.15) is 0 Å². The van der Waals surface area contributed by atoms with Crippen molar-refractivity contribution in [3.63, 3.8) is 0 Å². The lowest BCUT2D eigenvalue weighted by Gasteiger charge is -2.22. The molecule has 1 nitrogen and oxygen atoms in total. The van der Waals surface area contributed by atoms with E-state index in [1.807, 2.05) is 0 Å². The molecule has 0 atom stereocenters. The van der Waals surface area contributed by atoms with Gasteiger partial charge in [-0.25, -0.2) is 0 Å². The number of rotatable bonds is 2. The number of hydrogen-bond acceptors (Lipinski definition) is 1. The number of hydrogen-bond donors (Lipinski definition) is 0. The second kappa shape index (κ2) is 3.93. The fourth-order valence-corrected chi connectivity index (χ4v) is 2.37. The summed E-state index contributed by atoms with van der Waals surface area (Å²) in [6, 6.07) is 0. The largest absolute Gasteiger partial charge is 0.545 e. The summed E-state index contributed by atoms with van der Waals surface area (Å²) in [5.41, 5.74) is 3.03. The topological polar surface area (TPSA) is 9.23 Å². The van der Waals surface area contributed by atoms with Gasteiger partial charge < -0.3 is 4.43 Å². The minimum absolute atomic E-state index is 0.213. The Kier molecular flexibility index (Phi) is 3.25. The van der Waals surface area contributed by atoms with Gasteiger partial charge in [-0.1, -0.05) is 32.4 Å². The van der Waals surface area contributed by atoms with Gasteiger partial charge in [0.05, 0.1) is 5.76 Å². The Morgan fingerprint density at radius 1 is 1.29 bits per heavy atom. The Bertz CT molecular complexity index is 279. The maximum atomic E-state index is 5.95. The van der Waals surface area contributed by atoms with Gasteiger partial charge >= 0.3 is 0 Å². The van der Waals surface area contributed by atoms with Crippen LogP contribution in [0.25, 0.3) is 0 Å². The lowest BCUT2D eigenvalue weighted by atomic mass is 9.87. The van der Waals surface area contributed by atoms with Gasteiger partial charge in [-0.15, -0.1) is 0 Å². The van der Waals surface area contributed by atoms with E-state index in [0.29, 0.717) is 0 Å². The van der Waals surface area contributed by atoms with Crippen molar-refractivity contribution < 1.29 is 4.43 Å². The van der Waals surface area contributed by atoms with Crippen LogP contribution in [0.5, 0.6) is 0 Å². The van der Waals surface area contributed by atoms with Crippen molar-refractivity contribution >= 4 is 9.04 Å². The van der Waals surface area contributed by atoms with Gasteiger partial charge in [-0.05, 0) is 31.0 Å². The van der Waals surface area contributed by atoms with E-state index >= 15 is 0 Å². The van der Waals surface area contributed by atoms with E-state index in [-0.39, 0.29) is 5.41 Å². The molecule has 0 aromatic rings. The lowest BCUT2D eigenvalue weighted by Crippen LogP contribution is -2.13. The molecule has 0 saturated heterocycles. The quantitative estimate of drug-likeness (QED) is 0.627. The molecule has 0 aliphatic heterocycles. The first kappa shape index (κ1) is 11.6. The summed E-state index contributed by atoms with van der Waals surface area (Å²) in [5.74, 6) is 1.22. The zero-order valence-electron chi connectivity index (χ0n) is 10.2. The van der Waals surface area contributed by atoms with Crippen LogP contribution >= 0.6 is 0 Å². The highest BCUT2D eigenvalue weighted by Crippen LogP contribution is 2.37. The Balaban J connectivity index is 2.91. The molecule has 0 unspecified atom stereocenters. The van der Waals surface area contributed by atoms with Gasteiger partial charge in [0.15, 0.2) is 0 Å². The van der Waals surface area contributed by atoms with Crippen LogP contribution < -0.4 is 0 Å². The van der Waals surface area contributed by atoms with Gasteiger partial charge in [-0.2, -0.15) is 0 Å². The monoisotopic (exact) mass is 209 g/mol. The van der Waals surface area contributed by atoms with Crippen LogP contribution in [0.2, 0.25) is 13.1 Å². The van der Waals surface area contributed by atoms with Crippen LogP contribution in [0.15, 0.2) is 23.0 Å². The SMILES string of the molecule is CC1=CC(C(C)(C)C)=C(O[Si](C)C)C1. The summed E-state index contributed by atoms with van der Waals surface area (Å²) in [7, 11) is -0.624. The molecule has 1 radical (unpaired) electrons. The molecule has 1 aliphatic carbocycles. The Hall–Kier alpha value is -0.503. The van der Waals surface area contributed by atoms with E-state index in [0.717, 1.165) is 6.42 Å². The summed E-state index contributed by atoms with van der Waals surface area (Å²) in [6.07, 6.45) is 3.31. The molecule has 0 spiro atoms. The Morgan fingerprint density at radius 2 is 1.86 bits per heavy atom. The predicted molar refractivity (Wildman–Crippen MR) is 63.4 cm³/mol. The van der Waals surface area contributed by atoms with E-state index in [2.05, 4.69) is 46.9 Å². The van der Waals surface area contributed by atoms with E-state index in [9.17, 15) is 0 Å². The van der Waals surface area contributed by atoms with Gasteiger partial charge in [0, 0.05) is 6.42 Å². The molecule has 0 bridgehead atoms. The van der Waals surface area contributed by atoms with Gasteiger partial charge in [0.2, 0.25) is 0 Å². The molecule has 0 amide bonds. The average Bonchev–Trinajstić information content (AvgIpc) is 2.28. The second-order valence-electron chi connectivity index (χ2n) is 5.26. The molecular weight excluding hydrogens is 188 g/mol. The summed E-state index contributed by atoms with van der Waals surface area (Å²) in [6.45, 7) is 13.3. The molecule has 1 aliphatic rings. The Labute approximate surface area is 89.6 Å². The molecule has 14 heavy (non-hydrogen) atoms. The predicted octanol–water partition coefficient (Wildman–Crippen LogP) is 3.90. The van der Waals surface area contributed by atoms with Crippen LogP contribution in [0.3, 0.4) is 0 Å². The van der Waals surface area contributed by atoms with Crippen molar-refractivity contribution in [1.29, 1.82) is 0 Å². The molecule has 0 aromatic heterocycles. The molecule has 1 rings (SSSR count). The third kappa shape index (κ3) is 2.74. The van der Waals surface area contributed by atoms with Crippen molar-refractivity contribution in [2.75, 3.05) is 0 Å². The smallest absolute Gasteiger partial charge is 0.273 e. The van der Waals surface area contributed by atoms with Crippen LogP contribution in [0, 0.1) is 5.41 Å². The van der Waals surface area contributed by atoms with Crippen molar-refractivity contribution in [3.05, 3.63) is 23.0 Å². The first-order valence-electron chi connectivity index (χ1n) is 5.19. The first-order valence-corrected chi connectivity index (χ1v) is 7.60. The van der Waals surface area contributed by atoms with Crippen molar-refractivity contribution in [1.82, 2.24) is 0 Å². The van der Waals surface area contributed by atoms with Crippen LogP contribution in [0.1, 0.15) is 34.1 Å². The minimum Gasteiger partial charge on any atom is -0.545 e. The standard InChI is InChI=1S/C12H21OSi/c1-9-7-10(12(2,3)4)11(8-9)13-14(5)6/h7H,8H2,1-6H3. The fraction of sp³-hybridized carbons (Fsp3) is 0.667. The highest BCUT2D eigenvalue weighted by Gasteiger charge is 2.25. The third-order valence-electron chi connectivity index (χ3n) is 2.27. The molecule has 0 N–H and O–H groups in total. The highest BCUT2D eigenvalue weighted by molar-refractivity contribution is 6.48. The van der Waals surface area contributed by atoms with E-state index in [1.54, 1.807) is 0 Å². The normalized spacial score (nSPS) is 17.8. The second-order valence-corrected chi connectivity index (χ2v) is 7.29. The third-order valence-corrected chi connectivity index (χ3v) is 2.92. The maximum absolute atomic E-state index is 5.95.